The Hall–Kier alpha value is -1.62. The molecule has 5 heteroatoms. The van der Waals surface area contributed by atoms with Crippen LogP contribution in [0.25, 0.3) is 0 Å². The van der Waals surface area contributed by atoms with Gasteiger partial charge in [-0.3, -0.25) is 9.69 Å². The molecule has 1 aromatic rings. The molecule has 0 saturated carbocycles. The maximum atomic E-state index is 13.4. The number of methoxy groups -OCH3 is 1. The number of likely N-dealkylation sites (N-methyl/N-ethyl adjacent to an activating group) is 1. The van der Waals surface area contributed by atoms with Crippen molar-refractivity contribution in [2.75, 3.05) is 27.3 Å². The van der Waals surface area contributed by atoms with Crippen molar-refractivity contribution in [3.05, 3.63) is 29.6 Å². The highest BCUT2D eigenvalue weighted by atomic mass is 19.1. The first-order valence-electron chi connectivity index (χ1n) is 5.73. The fourth-order valence-corrected chi connectivity index (χ4v) is 1.60. The molecule has 1 aromatic carbocycles. The molecule has 0 aliphatic heterocycles. The highest BCUT2D eigenvalue weighted by Crippen LogP contribution is 2.18. The zero-order valence-corrected chi connectivity index (χ0v) is 10.9. The number of ether oxygens (including phenoxy) is 2. The summed E-state index contributed by atoms with van der Waals surface area (Å²) >= 11 is 0. The predicted molar refractivity (Wildman–Crippen MR) is 65.9 cm³/mol. The van der Waals surface area contributed by atoms with E-state index in [1.54, 1.807) is 31.0 Å². The van der Waals surface area contributed by atoms with Crippen LogP contribution >= 0.6 is 0 Å². The van der Waals surface area contributed by atoms with E-state index in [0.717, 1.165) is 5.56 Å². The van der Waals surface area contributed by atoms with Gasteiger partial charge >= 0.3 is 5.97 Å². The molecular weight excluding hydrogens is 237 g/mol. The normalized spacial score (nSPS) is 10.5. The van der Waals surface area contributed by atoms with Crippen molar-refractivity contribution in [2.45, 2.75) is 13.5 Å². The van der Waals surface area contributed by atoms with E-state index in [4.69, 9.17) is 9.47 Å². The van der Waals surface area contributed by atoms with Gasteiger partial charge in [0.1, 0.15) is 0 Å². The number of hydrogen-bond donors (Lipinski definition) is 0. The second kappa shape index (κ2) is 6.96. The Bertz CT molecular complexity index is 409. The van der Waals surface area contributed by atoms with Gasteiger partial charge in [0.05, 0.1) is 20.3 Å². The van der Waals surface area contributed by atoms with Gasteiger partial charge in [-0.15, -0.1) is 0 Å². The Kier molecular flexibility index (Phi) is 5.58. The first kappa shape index (κ1) is 14.4. The lowest BCUT2D eigenvalue weighted by Gasteiger charge is -2.15. The van der Waals surface area contributed by atoms with Crippen LogP contribution in [0.4, 0.5) is 4.39 Å². The first-order valence-corrected chi connectivity index (χ1v) is 5.73. The summed E-state index contributed by atoms with van der Waals surface area (Å²) in [5.74, 6) is -0.472. The largest absolute Gasteiger partial charge is 0.494 e. The smallest absolute Gasteiger partial charge is 0.320 e. The third-order valence-electron chi connectivity index (χ3n) is 2.37. The van der Waals surface area contributed by atoms with Crippen LogP contribution in [0.2, 0.25) is 0 Å². The molecule has 1 rings (SSSR count). The molecule has 0 heterocycles. The summed E-state index contributed by atoms with van der Waals surface area (Å²) in [5, 5.41) is 0. The molecule has 0 fully saturated rings. The lowest BCUT2D eigenvalue weighted by Crippen LogP contribution is -2.27. The van der Waals surface area contributed by atoms with Crippen LogP contribution in [0.15, 0.2) is 18.2 Å². The summed E-state index contributed by atoms with van der Waals surface area (Å²) in [5.41, 5.74) is 0.778. The van der Waals surface area contributed by atoms with E-state index in [9.17, 15) is 9.18 Å². The Labute approximate surface area is 106 Å². The van der Waals surface area contributed by atoms with Crippen molar-refractivity contribution >= 4 is 5.97 Å². The summed E-state index contributed by atoms with van der Waals surface area (Å²) in [6.45, 7) is 2.78. The fraction of sp³-hybridized carbons (Fsp3) is 0.462. The van der Waals surface area contributed by atoms with Crippen LogP contribution in [0.1, 0.15) is 12.5 Å². The van der Waals surface area contributed by atoms with Gasteiger partial charge in [-0.05, 0) is 31.7 Å². The van der Waals surface area contributed by atoms with Crippen molar-refractivity contribution in [1.82, 2.24) is 4.90 Å². The number of halogens is 1. The van der Waals surface area contributed by atoms with Crippen molar-refractivity contribution in [3.8, 4) is 5.75 Å². The number of benzene rings is 1. The van der Waals surface area contributed by atoms with Crippen LogP contribution in [0.5, 0.6) is 5.75 Å². The topological polar surface area (TPSA) is 38.8 Å². The summed E-state index contributed by atoms with van der Waals surface area (Å²) in [4.78, 5) is 13.0. The lowest BCUT2D eigenvalue weighted by atomic mass is 10.2. The van der Waals surface area contributed by atoms with Gasteiger partial charge in [0, 0.05) is 6.54 Å². The maximum Gasteiger partial charge on any atom is 0.320 e. The van der Waals surface area contributed by atoms with Gasteiger partial charge in [0.2, 0.25) is 0 Å². The van der Waals surface area contributed by atoms with E-state index < -0.39 is 5.82 Å². The van der Waals surface area contributed by atoms with Gasteiger partial charge in [0.25, 0.3) is 0 Å². The number of esters is 1. The Morgan fingerprint density at radius 2 is 2.17 bits per heavy atom. The zero-order valence-electron chi connectivity index (χ0n) is 10.9. The molecule has 0 radical (unpaired) electrons. The molecule has 18 heavy (non-hydrogen) atoms. The van der Waals surface area contributed by atoms with Gasteiger partial charge in [-0.2, -0.15) is 0 Å². The maximum absolute atomic E-state index is 13.4. The average molecular weight is 255 g/mol. The van der Waals surface area contributed by atoms with Gasteiger partial charge in [-0.1, -0.05) is 6.07 Å². The predicted octanol–water partition coefficient (Wildman–Crippen LogP) is 1.83. The van der Waals surface area contributed by atoms with Gasteiger partial charge in [-0.25, -0.2) is 4.39 Å². The monoisotopic (exact) mass is 255 g/mol. The van der Waals surface area contributed by atoms with Crippen LogP contribution < -0.4 is 4.74 Å². The molecule has 0 atom stereocenters. The van der Waals surface area contributed by atoms with Crippen molar-refractivity contribution < 1.29 is 18.7 Å². The van der Waals surface area contributed by atoms with Crippen molar-refractivity contribution in [2.24, 2.45) is 0 Å². The third-order valence-corrected chi connectivity index (χ3v) is 2.37. The Morgan fingerprint density at radius 3 is 2.72 bits per heavy atom. The average Bonchev–Trinajstić information content (AvgIpc) is 2.29. The van der Waals surface area contributed by atoms with Gasteiger partial charge < -0.3 is 9.47 Å². The minimum absolute atomic E-state index is 0.182. The second-order valence-corrected chi connectivity index (χ2v) is 3.95. The molecular formula is C13H18FNO3. The van der Waals surface area contributed by atoms with Crippen molar-refractivity contribution in [3.63, 3.8) is 0 Å². The highest BCUT2D eigenvalue weighted by Gasteiger charge is 2.09. The van der Waals surface area contributed by atoms with E-state index in [1.165, 1.54) is 13.2 Å². The van der Waals surface area contributed by atoms with Crippen LogP contribution in [0.3, 0.4) is 0 Å². The summed E-state index contributed by atoms with van der Waals surface area (Å²) in [6, 6.07) is 4.74. The summed E-state index contributed by atoms with van der Waals surface area (Å²) in [6.07, 6.45) is 0. The SMILES string of the molecule is CCOC(=O)CN(C)Cc1ccc(OC)c(F)c1. The molecule has 0 aliphatic carbocycles. The Balaban J connectivity index is 2.56. The number of rotatable bonds is 6. The summed E-state index contributed by atoms with van der Waals surface area (Å²) in [7, 11) is 3.20. The zero-order chi connectivity index (χ0) is 13.5. The van der Waals surface area contributed by atoms with Crippen LogP contribution in [0, 0.1) is 5.82 Å². The van der Waals surface area contributed by atoms with Gasteiger partial charge in [0.15, 0.2) is 11.6 Å². The number of carbonyl (C=O) groups excluding carboxylic acids is 1. The van der Waals surface area contributed by atoms with E-state index in [1.807, 2.05) is 0 Å². The third kappa shape index (κ3) is 4.33. The quantitative estimate of drug-likeness (QED) is 0.727. The molecule has 0 bridgehead atoms. The molecule has 4 nitrogen and oxygen atoms in total. The van der Waals surface area contributed by atoms with Crippen LogP contribution in [-0.4, -0.2) is 38.2 Å². The minimum atomic E-state index is -0.403. The number of nitrogens with zero attached hydrogens (tertiary/aromatic N) is 1. The second-order valence-electron chi connectivity index (χ2n) is 3.95. The standard InChI is InChI=1S/C13H18FNO3/c1-4-18-13(16)9-15(2)8-10-5-6-12(17-3)11(14)7-10/h5-7H,4,8-9H2,1-3H3. The molecule has 0 amide bonds. The van der Waals surface area contributed by atoms with E-state index in [2.05, 4.69) is 0 Å². The molecule has 100 valence electrons. The molecule has 0 saturated heterocycles. The summed E-state index contributed by atoms with van der Waals surface area (Å²) < 4.78 is 23.1. The van der Waals surface area contributed by atoms with E-state index in [-0.39, 0.29) is 18.3 Å². The molecule has 0 N–H and O–H groups in total. The molecule has 0 aliphatic rings. The lowest BCUT2D eigenvalue weighted by molar-refractivity contribution is -0.144. The molecule has 0 unspecified atom stereocenters. The number of carbonyl (C=O) groups is 1. The van der Waals surface area contributed by atoms with E-state index >= 15 is 0 Å². The van der Waals surface area contributed by atoms with Crippen LogP contribution in [-0.2, 0) is 16.1 Å². The van der Waals surface area contributed by atoms with E-state index in [0.29, 0.717) is 13.2 Å². The minimum Gasteiger partial charge on any atom is -0.494 e. The Morgan fingerprint density at radius 1 is 1.44 bits per heavy atom. The first-order chi connectivity index (χ1) is 8.56. The molecule has 0 spiro atoms. The molecule has 0 aromatic heterocycles. The number of hydrogen-bond acceptors (Lipinski definition) is 4. The van der Waals surface area contributed by atoms with Crippen molar-refractivity contribution in [1.29, 1.82) is 0 Å². The highest BCUT2D eigenvalue weighted by molar-refractivity contribution is 5.71. The fourth-order valence-electron chi connectivity index (χ4n) is 1.60.